The second-order valence-electron chi connectivity index (χ2n) is 6.47. The minimum atomic E-state index is -0.950. The summed E-state index contributed by atoms with van der Waals surface area (Å²) < 4.78 is 5.11. The van der Waals surface area contributed by atoms with Crippen LogP contribution in [0, 0.1) is 0 Å². The molecule has 0 rings (SSSR count). The van der Waals surface area contributed by atoms with E-state index in [2.05, 4.69) is 10.6 Å². The fourth-order valence-corrected chi connectivity index (χ4v) is 1.80. The molecule has 0 bridgehead atoms. The second kappa shape index (κ2) is 12.4. The summed E-state index contributed by atoms with van der Waals surface area (Å²) in [5.41, 5.74) is -0.499. The van der Waals surface area contributed by atoms with Crippen LogP contribution in [0.1, 0.15) is 59.3 Å². The summed E-state index contributed by atoms with van der Waals surface area (Å²) >= 11 is 0. The molecule has 0 aliphatic carbocycles. The van der Waals surface area contributed by atoms with E-state index in [9.17, 15) is 14.4 Å². The second-order valence-corrected chi connectivity index (χ2v) is 6.47. The highest BCUT2D eigenvalue weighted by atomic mass is 16.6. The first kappa shape index (κ1) is 21.9. The molecule has 0 heterocycles. The highest BCUT2D eigenvalue weighted by Gasteiger charge is 2.15. The molecule has 0 aliphatic heterocycles. The van der Waals surface area contributed by atoms with E-state index in [1.54, 1.807) is 6.08 Å². The smallest absolute Gasteiger partial charge is 0.407 e. The molecule has 7 heteroatoms. The fraction of sp³-hybridized carbons (Fsp3) is 0.706. The highest BCUT2D eigenvalue weighted by Crippen LogP contribution is 2.06. The van der Waals surface area contributed by atoms with E-state index in [4.69, 9.17) is 9.84 Å². The molecule has 0 saturated heterocycles. The number of carbonyl (C=O) groups excluding carboxylic acids is 2. The van der Waals surface area contributed by atoms with Crippen LogP contribution in [0.5, 0.6) is 0 Å². The number of carbonyl (C=O) groups is 3. The number of allylic oxidation sites excluding steroid dienone is 1. The molecular weight excluding hydrogens is 312 g/mol. The van der Waals surface area contributed by atoms with Gasteiger partial charge in [-0.25, -0.2) is 9.59 Å². The van der Waals surface area contributed by atoms with Gasteiger partial charge in [-0.2, -0.15) is 0 Å². The Labute approximate surface area is 143 Å². The summed E-state index contributed by atoms with van der Waals surface area (Å²) in [7, 11) is 0. The number of carboxylic acids is 1. The largest absolute Gasteiger partial charge is 0.478 e. The van der Waals surface area contributed by atoms with Crippen LogP contribution >= 0.6 is 0 Å². The number of hydrogen-bond donors (Lipinski definition) is 3. The van der Waals surface area contributed by atoms with Crippen molar-refractivity contribution >= 4 is 18.0 Å². The Kier molecular flexibility index (Phi) is 11.3. The molecule has 0 aliphatic rings. The average molecular weight is 342 g/mol. The maximum atomic E-state index is 11.6. The molecule has 24 heavy (non-hydrogen) atoms. The Morgan fingerprint density at radius 1 is 1.00 bits per heavy atom. The van der Waals surface area contributed by atoms with Crippen molar-refractivity contribution in [1.82, 2.24) is 10.6 Å². The van der Waals surface area contributed by atoms with Crippen LogP contribution in [0.2, 0.25) is 0 Å². The zero-order valence-corrected chi connectivity index (χ0v) is 14.9. The van der Waals surface area contributed by atoms with Crippen LogP contribution in [0.3, 0.4) is 0 Å². The number of carboxylic acid groups (broad SMARTS) is 1. The Morgan fingerprint density at radius 2 is 1.62 bits per heavy atom. The van der Waals surface area contributed by atoms with Gasteiger partial charge in [0.15, 0.2) is 0 Å². The van der Waals surface area contributed by atoms with Crippen LogP contribution in [-0.4, -0.2) is 41.8 Å². The van der Waals surface area contributed by atoms with Gasteiger partial charge < -0.3 is 20.5 Å². The molecular formula is C17H30N2O5. The van der Waals surface area contributed by atoms with Gasteiger partial charge >= 0.3 is 12.1 Å². The molecule has 0 spiro atoms. The van der Waals surface area contributed by atoms with E-state index < -0.39 is 17.7 Å². The van der Waals surface area contributed by atoms with Gasteiger partial charge in [0.25, 0.3) is 0 Å². The van der Waals surface area contributed by atoms with E-state index in [0.29, 0.717) is 25.9 Å². The van der Waals surface area contributed by atoms with Crippen LogP contribution in [0.25, 0.3) is 0 Å². The van der Waals surface area contributed by atoms with Gasteiger partial charge in [0.2, 0.25) is 5.91 Å². The van der Waals surface area contributed by atoms with Crippen molar-refractivity contribution in [3.63, 3.8) is 0 Å². The Hall–Kier alpha value is -2.05. The summed E-state index contributed by atoms with van der Waals surface area (Å²) in [6.45, 7) is 6.52. The molecule has 0 atom stereocenters. The quantitative estimate of drug-likeness (QED) is 0.395. The first-order valence-corrected chi connectivity index (χ1v) is 8.34. The van der Waals surface area contributed by atoms with Crippen molar-refractivity contribution in [2.45, 2.75) is 64.9 Å². The van der Waals surface area contributed by atoms with Crippen LogP contribution < -0.4 is 10.6 Å². The first-order valence-electron chi connectivity index (χ1n) is 8.34. The van der Waals surface area contributed by atoms with Crippen molar-refractivity contribution in [1.29, 1.82) is 0 Å². The topological polar surface area (TPSA) is 105 Å². The zero-order chi connectivity index (χ0) is 18.4. The lowest BCUT2D eigenvalue weighted by molar-refractivity contribution is -0.131. The monoisotopic (exact) mass is 342 g/mol. The number of nitrogens with one attached hydrogen (secondary N) is 2. The normalized spacial score (nSPS) is 11.3. The summed E-state index contributed by atoms with van der Waals surface area (Å²) in [5.74, 6) is -0.953. The van der Waals surface area contributed by atoms with Crippen LogP contribution in [-0.2, 0) is 14.3 Å². The Bertz CT molecular complexity index is 427. The molecule has 0 aromatic heterocycles. The predicted octanol–water partition coefficient (Wildman–Crippen LogP) is 2.61. The SMILES string of the molecule is CC(C)(C)OC(=O)NCCCCNC(=O)CCCCC=CC(=O)O. The molecule has 0 aromatic rings. The third-order valence-corrected chi connectivity index (χ3v) is 2.88. The molecule has 0 saturated carbocycles. The number of hydrogen-bond acceptors (Lipinski definition) is 4. The molecule has 3 N–H and O–H groups in total. The predicted molar refractivity (Wildman–Crippen MR) is 91.7 cm³/mol. The molecule has 138 valence electrons. The number of rotatable bonds is 11. The van der Waals surface area contributed by atoms with Gasteiger partial charge in [0.1, 0.15) is 5.60 Å². The van der Waals surface area contributed by atoms with Crippen molar-refractivity contribution in [2.24, 2.45) is 0 Å². The number of amides is 2. The Morgan fingerprint density at radius 3 is 2.21 bits per heavy atom. The number of aliphatic carboxylic acids is 1. The van der Waals surface area contributed by atoms with E-state index in [0.717, 1.165) is 31.8 Å². The molecule has 0 radical (unpaired) electrons. The van der Waals surface area contributed by atoms with Crippen LogP contribution in [0.4, 0.5) is 4.79 Å². The van der Waals surface area contributed by atoms with E-state index in [1.807, 2.05) is 20.8 Å². The van der Waals surface area contributed by atoms with E-state index >= 15 is 0 Å². The molecule has 7 nitrogen and oxygen atoms in total. The van der Waals surface area contributed by atoms with E-state index in [1.165, 1.54) is 0 Å². The van der Waals surface area contributed by atoms with Crippen molar-refractivity contribution in [3.8, 4) is 0 Å². The van der Waals surface area contributed by atoms with Gasteiger partial charge in [-0.1, -0.05) is 6.08 Å². The zero-order valence-electron chi connectivity index (χ0n) is 14.9. The molecule has 0 fully saturated rings. The van der Waals surface area contributed by atoms with Gasteiger partial charge in [0.05, 0.1) is 0 Å². The molecule has 0 unspecified atom stereocenters. The summed E-state index contributed by atoms with van der Waals surface area (Å²) in [6, 6.07) is 0. The minimum absolute atomic E-state index is 0.00249. The summed E-state index contributed by atoms with van der Waals surface area (Å²) in [5, 5.41) is 13.9. The lowest BCUT2D eigenvalue weighted by Crippen LogP contribution is -2.33. The number of ether oxygens (including phenoxy) is 1. The minimum Gasteiger partial charge on any atom is -0.478 e. The van der Waals surface area contributed by atoms with Gasteiger partial charge in [-0.05, 0) is 52.9 Å². The van der Waals surface area contributed by atoms with Crippen LogP contribution in [0.15, 0.2) is 12.2 Å². The van der Waals surface area contributed by atoms with Crippen molar-refractivity contribution in [2.75, 3.05) is 13.1 Å². The average Bonchev–Trinajstić information content (AvgIpc) is 2.44. The third kappa shape index (κ3) is 16.3. The number of alkyl carbamates (subject to hydrolysis) is 1. The van der Waals surface area contributed by atoms with Gasteiger partial charge in [0, 0.05) is 25.6 Å². The maximum Gasteiger partial charge on any atom is 0.407 e. The fourth-order valence-electron chi connectivity index (χ4n) is 1.80. The maximum absolute atomic E-state index is 11.6. The van der Waals surface area contributed by atoms with Crippen molar-refractivity contribution in [3.05, 3.63) is 12.2 Å². The van der Waals surface area contributed by atoms with Gasteiger partial charge in [-0.15, -0.1) is 0 Å². The van der Waals surface area contributed by atoms with Crippen molar-refractivity contribution < 1.29 is 24.2 Å². The third-order valence-electron chi connectivity index (χ3n) is 2.88. The first-order chi connectivity index (χ1) is 11.2. The standard InChI is InChI=1S/C17H30N2O5/c1-17(2,3)24-16(23)19-13-9-8-12-18-14(20)10-6-4-5-7-11-15(21)22/h7,11H,4-6,8-10,12-13H2,1-3H3,(H,18,20)(H,19,23)(H,21,22). The van der Waals surface area contributed by atoms with E-state index in [-0.39, 0.29) is 5.91 Å². The number of unbranched alkanes of at least 4 members (excludes halogenated alkanes) is 3. The van der Waals surface area contributed by atoms with Gasteiger partial charge in [-0.3, -0.25) is 4.79 Å². The lowest BCUT2D eigenvalue weighted by atomic mass is 10.2. The summed E-state index contributed by atoms with van der Waals surface area (Å²) in [4.78, 5) is 33.2. The molecule has 0 aromatic carbocycles. The highest BCUT2D eigenvalue weighted by molar-refractivity contribution is 5.79. The molecule has 2 amide bonds. The summed E-state index contributed by atoms with van der Waals surface area (Å²) in [6.07, 6.45) is 6.45. The Balaban J connectivity index is 3.46. The lowest BCUT2D eigenvalue weighted by Gasteiger charge is -2.19.